The predicted molar refractivity (Wildman–Crippen MR) is 79.1 cm³/mol. The quantitative estimate of drug-likeness (QED) is 0.919. The lowest BCUT2D eigenvalue weighted by Gasteiger charge is -2.30. The van der Waals surface area contributed by atoms with Gasteiger partial charge in [-0.1, -0.05) is 11.6 Å². The normalized spacial score (nSPS) is 18.7. The Morgan fingerprint density at radius 2 is 2.21 bits per heavy atom. The molecule has 0 radical (unpaired) electrons. The molecule has 5 heteroatoms. The van der Waals surface area contributed by atoms with Gasteiger partial charge in [0.1, 0.15) is 5.82 Å². The Hall–Kier alpha value is -1.10. The summed E-state index contributed by atoms with van der Waals surface area (Å²) in [5.74, 6) is -0.375. The molecular formula is C14H14ClFN2S. The SMILES string of the molecule is Fc1ccc(N(c2ccsc2)C2CCNC2)cc1Cl. The molecule has 19 heavy (non-hydrogen) atoms. The van der Waals surface area contributed by atoms with Crippen molar-refractivity contribution in [3.05, 3.63) is 45.9 Å². The van der Waals surface area contributed by atoms with Gasteiger partial charge in [0.05, 0.1) is 10.7 Å². The van der Waals surface area contributed by atoms with Gasteiger partial charge in [-0.05, 0) is 42.6 Å². The lowest BCUT2D eigenvalue weighted by Crippen LogP contribution is -2.32. The average molecular weight is 297 g/mol. The molecule has 1 saturated heterocycles. The van der Waals surface area contributed by atoms with Gasteiger partial charge in [-0.25, -0.2) is 4.39 Å². The Labute approximate surface area is 120 Å². The Morgan fingerprint density at radius 3 is 2.84 bits per heavy atom. The maximum Gasteiger partial charge on any atom is 0.141 e. The van der Waals surface area contributed by atoms with Crippen LogP contribution in [-0.4, -0.2) is 19.1 Å². The largest absolute Gasteiger partial charge is 0.336 e. The molecule has 1 aromatic heterocycles. The predicted octanol–water partition coefficient (Wildman–Crippen LogP) is 4.04. The summed E-state index contributed by atoms with van der Waals surface area (Å²) in [5, 5.41) is 7.69. The number of nitrogens with zero attached hydrogens (tertiary/aromatic N) is 1. The first-order valence-corrected chi connectivity index (χ1v) is 7.55. The van der Waals surface area contributed by atoms with Gasteiger partial charge in [0, 0.05) is 23.7 Å². The maximum absolute atomic E-state index is 13.3. The highest BCUT2D eigenvalue weighted by molar-refractivity contribution is 7.08. The molecule has 0 amide bonds. The lowest BCUT2D eigenvalue weighted by atomic mass is 10.1. The summed E-state index contributed by atoms with van der Waals surface area (Å²) in [4.78, 5) is 2.24. The highest BCUT2D eigenvalue weighted by Gasteiger charge is 2.24. The van der Waals surface area contributed by atoms with E-state index in [1.54, 1.807) is 23.5 Å². The zero-order chi connectivity index (χ0) is 13.2. The van der Waals surface area contributed by atoms with E-state index >= 15 is 0 Å². The average Bonchev–Trinajstić information content (AvgIpc) is 3.07. The summed E-state index contributed by atoms with van der Waals surface area (Å²) in [5.41, 5.74) is 2.08. The molecule has 1 N–H and O–H groups in total. The van der Waals surface area contributed by atoms with E-state index in [1.807, 2.05) is 0 Å². The van der Waals surface area contributed by atoms with Gasteiger partial charge in [0.2, 0.25) is 0 Å². The first kappa shape index (κ1) is 12.9. The van der Waals surface area contributed by atoms with E-state index in [9.17, 15) is 4.39 Å². The molecule has 2 aromatic rings. The Kier molecular flexibility index (Phi) is 3.73. The van der Waals surface area contributed by atoms with Crippen LogP contribution in [0, 0.1) is 5.82 Å². The van der Waals surface area contributed by atoms with Crippen LogP contribution in [0.1, 0.15) is 6.42 Å². The number of halogens is 2. The van der Waals surface area contributed by atoms with Crippen LogP contribution in [0.3, 0.4) is 0 Å². The van der Waals surface area contributed by atoms with Gasteiger partial charge >= 0.3 is 0 Å². The molecule has 1 unspecified atom stereocenters. The number of thiophene rings is 1. The van der Waals surface area contributed by atoms with Crippen molar-refractivity contribution in [1.82, 2.24) is 5.32 Å². The number of rotatable bonds is 3. The minimum atomic E-state index is -0.375. The van der Waals surface area contributed by atoms with Crippen LogP contribution in [-0.2, 0) is 0 Å². The third kappa shape index (κ3) is 2.61. The van der Waals surface area contributed by atoms with E-state index in [1.165, 1.54) is 6.07 Å². The summed E-state index contributed by atoms with van der Waals surface area (Å²) in [6.07, 6.45) is 1.07. The van der Waals surface area contributed by atoms with E-state index in [-0.39, 0.29) is 10.8 Å². The van der Waals surface area contributed by atoms with Crippen molar-refractivity contribution in [3.63, 3.8) is 0 Å². The summed E-state index contributed by atoms with van der Waals surface area (Å²) in [6, 6.07) is 7.39. The fraction of sp³-hybridized carbons (Fsp3) is 0.286. The van der Waals surface area contributed by atoms with Gasteiger partial charge in [-0.3, -0.25) is 0 Å². The summed E-state index contributed by atoms with van der Waals surface area (Å²) < 4.78 is 13.3. The van der Waals surface area contributed by atoms with Gasteiger partial charge in [-0.15, -0.1) is 0 Å². The minimum absolute atomic E-state index is 0.170. The molecule has 1 aliphatic heterocycles. The second kappa shape index (κ2) is 5.49. The van der Waals surface area contributed by atoms with Crippen molar-refractivity contribution in [3.8, 4) is 0 Å². The zero-order valence-electron chi connectivity index (χ0n) is 10.3. The first-order valence-electron chi connectivity index (χ1n) is 6.23. The standard InChI is InChI=1S/C14H14ClFN2S/c15-13-7-10(1-2-14(13)16)18(11-3-5-17-8-11)12-4-6-19-9-12/h1-2,4,6-7,9,11,17H,3,5,8H2. The monoisotopic (exact) mass is 296 g/mol. The fourth-order valence-corrected chi connectivity index (χ4v) is 3.26. The van der Waals surface area contributed by atoms with Crippen LogP contribution < -0.4 is 10.2 Å². The van der Waals surface area contributed by atoms with E-state index in [4.69, 9.17) is 11.6 Å². The number of hydrogen-bond donors (Lipinski definition) is 1. The highest BCUT2D eigenvalue weighted by Crippen LogP contribution is 2.33. The van der Waals surface area contributed by atoms with Crippen molar-refractivity contribution in [2.45, 2.75) is 12.5 Å². The molecule has 3 rings (SSSR count). The Bertz CT molecular complexity index is 553. The molecule has 0 spiro atoms. The smallest absolute Gasteiger partial charge is 0.141 e. The molecule has 2 heterocycles. The Balaban J connectivity index is 2.00. The van der Waals surface area contributed by atoms with Crippen LogP contribution >= 0.6 is 22.9 Å². The molecule has 1 fully saturated rings. The van der Waals surface area contributed by atoms with Gasteiger partial charge in [0.25, 0.3) is 0 Å². The number of hydrogen-bond acceptors (Lipinski definition) is 3. The van der Waals surface area contributed by atoms with Crippen LogP contribution in [0.15, 0.2) is 35.0 Å². The van der Waals surface area contributed by atoms with Crippen molar-refractivity contribution in [2.24, 2.45) is 0 Å². The van der Waals surface area contributed by atoms with E-state index in [0.717, 1.165) is 30.9 Å². The van der Waals surface area contributed by atoms with Crippen LogP contribution in [0.25, 0.3) is 0 Å². The van der Waals surface area contributed by atoms with Crippen molar-refractivity contribution in [1.29, 1.82) is 0 Å². The van der Waals surface area contributed by atoms with E-state index in [2.05, 4.69) is 27.0 Å². The topological polar surface area (TPSA) is 15.3 Å². The maximum atomic E-state index is 13.3. The van der Waals surface area contributed by atoms with Crippen molar-refractivity contribution >= 4 is 34.3 Å². The van der Waals surface area contributed by atoms with Gasteiger partial charge in [-0.2, -0.15) is 11.3 Å². The van der Waals surface area contributed by atoms with Crippen LogP contribution in [0.4, 0.5) is 15.8 Å². The molecule has 0 bridgehead atoms. The second-order valence-corrected chi connectivity index (χ2v) is 5.78. The van der Waals surface area contributed by atoms with E-state index < -0.39 is 0 Å². The second-order valence-electron chi connectivity index (χ2n) is 4.60. The first-order chi connectivity index (χ1) is 9.25. The minimum Gasteiger partial charge on any atom is -0.336 e. The van der Waals surface area contributed by atoms with Crippen LogP contribution in [0.5, 0.6) is 0 Å². The van der Waals surface area contributed by atoms with E-state index in [0.29, 0.717) is 6.04 Å². The zero-order valence-corrected chi connectivity index (χ0v) is 11.8. The summed E-state index contributed by atoms with van der Waals surface area (Å²) in [7, 11) is 0. The third-order valence-corrected chi connectivity index (χ3v) is 4.33. The molecular weight excluding hydrogens is 283 g/mol. The number of benzene rings is 1. The van der Waals surface area contributed by atoms with Crippen molar-refractivity contribution in [2.75, 3.05) is 18.0 Å². The van der Waals surface area contributed by atoms with Crippen molar-refractivity contribution < 1.29 is 4.39 Å². The number of anilines is 2. The molecule has 0 aliphatic carbocycles. The molecule has 1 aliphatic rings. The third-order valence-electron chi connectivity index (χ3n) is 3.37. The molecule has 1 atom stereocenters. The number of nitrogens with one attached hydrogen (secondary N) is 1. The molecule has 2 nitrogen and oxygen atoms in total. The Morgan fingerprint density at radius 1 is 1.32 bits per heavy atom. The van der Waals surface area contributed by atoms with Crippen LogP contribution in [0.2, 0.25) is 5.02 Å². The van der Waals surface area contributed by atoms with Gasteiger partial charge < -0.3 is 10.2 Å². The summed E-state index contributed by atoms with van der Waals surface area (Å²) >= 11 is 7.57. The fourth-order valence-electron chi connectivity index (χ4n) is 2.46. The molecule has 1 aromatic carbocycles. The summed E-state index contributed by atoms with van der Waals surface area (Å²) in [6.45, 7) is 1.95. The lowest BCUT2D eigenvalue weighted by molar-refractivity contribution is 0.627. The molecule has 100 valence electrons. The highest BCUT2D eigenvalue weighted by atomic mass is 35.5. The molecule has 0 saturated carbocycles. The van der Waals surface area contributed by atoms with Gasteiger partial charge in [0.15, 0.2) is 0 Å².